The Morgan fingerprint density at radius 1 is 1.23 bits per heavy atom. The summed E-state index contributed by atoms with van der Waals surface area (Å²) in [5, 5.41) is 5.46. The van der Waals surface area contributed by atoms with Crippen LogP contribution in [-0.4, -0.2) is 58.0 Å². The molecule has 0 saturated carbocycles. The summed E-state index contributed by atoms with van der Waals surface area (Å²) in [7, 11) is 1.75. The fourth-order valence-electron chi connectivity index (χ4n) is 4.73. The summed E-state index contributed by atoms with van der Waals surface area (Å²) in [6.45, 7) is 3.77. The van der Waals surface area contributed by atoms with Crippen LogP contribution in [0.2, 0.25) is 0 Å². The topological polar surface area (TPSA) is 92.6 Å². The van der Waals surface area contributed by atoms with Crippen molar-refractivity contribution in [2.24, 2.45) is 0 Å². The second-order valence-electron chi connectivity index (χ2n) is 9.67. The minimum atomic E-state index is -0.551. The second kappa shape index (κ2) is 12.3. The lowest BCUT2D eigenvalue weighted by Gasteiger charge is -2.26. The number of pyridine rings is 1. The first-order chi connectivity index (χ1) is 19.4. The van der Waals surface area contributed by atoms with Crippen LogP contribution in [0, 0.1) is 5.95 Å². The molecule has 3 aromatic heterocycles. The molecular weight excluding hydrogens is 531 g/mol. The Kier molecular flexibility index (Phi) is 8.40. The first kappa shape index (κ1) is 27.3. The summed E-state index contributed by atoms with van der Waals surface area (Å²) < 4.78 is 21.1. The van der Waals surface area contributed by atoms with Crippen molar-refractivity contribution in [3.05, 3.63) is 89.2 Å². The molecule has 1 aliphatic heterocycles. The molecule has 1 saturated heterocycles. The molecule has 0 bridgehead atoms. The highest BCUT2D eigenvalue weighted by Gasteiger charge is 2.28. The molecule has 2 amide bonds. The van der Waals surface area contributed by atoms with Crippen LogP contribution in [0.5, 0.6) is 5.75 Å². The van der Waals surface area contributed by atoms with Gasteiger partial charge in [-0.05, 0) is 66.9 Å². The van der Waals surface area contributed by atoms with Gasteiger partial charge in [0.1, 0.15) is 18.1 Å². The molecule has 1 aliphatic rings. The van der Waals surface area contributed by atoms with E-state index in [0.717, 1.165) is 42.1 Å². The molecule has 0 radical (unpaired) electrons. The minimum absolute atomic E-state index is 0.0113. The number of halogens is 1. The second-order valence-corrected chi connectivity index (χ2v) is 10.5. The van der Waals surface area contributed by atoms with Gasteiger partial charge in [0.25, 0.3) is 5.91 Å². The standard InChI is InChI=1S/C29H31FN6O3S/c1-20(37)34(2)15-16-39-23-9-7-22(8-10-23)36-14-4-5-25(36)24-19-40-29(32-24)33-28(38)26-6-3-13-35(26)18-21-11-12-31-27(30)17-21/h3,6-13,17,19,25H,4-5,14-16,18H2,1-2H3,(H,32,33,38)/t25-/m1/s1. The van der Waals surface area contributed by atoms with Gasteiger partial charge >= 0.3 is 0 Å². The van der Waals surface area contributed by atoms with E-state index in [0.29, 0.717) is 30.5 Å². The van der Waals surface area contributed by atoms with Gasteiger partial charge in [-0.3, -0.25) is 14.9 Å². The number of aromatic nitrogens is 3. The molecule has 1 atom stereocenters. The van der Waals surface area contributed by atoms with Crippen LogP contribution in [-0.2, 0) is 11.3 Å². The maximum Gasteiger partial charge on any atom is 0.274 e. The van der Waals surface area contributed by atoms with Crippen LogP contribution in [0.1, 0.15) is 47.6 Å². The Bertz CT molecular complexity index is 1470. The van der Waals surface area contributed by atoms with Crippen molar-refractivity contribution in [2.75, 3.05) is 37.0 Å². The zero-order valence-corrected chi connectivity index (χ0v) is 23.2. The minimum Gasteiger partial charge on any atom is -0.492 e. The highest BCUT2D eigenvalue weighted by atomic mass is 32.1. The van der Waals surface area contributed by atoms with Gasteiger partial charge < -0.3 is 19.1 Å². The number of anilines is 2. The number of carbonyl (C=O) groups excluding carboxylic acids is 2. The third-order valence-corrected chi connectivity index (χ3v) is 7.72. The van der Waals surface area contributed by atoms with E-state index in [-0.39, 0.29) is 17.9 Å². The predicted molar refractivity (Wildman–Crippen MR) is 152 cm³/mol. The highest BCUT2D eigenvalue weighted by Crippen LogP contribution is 2.37. The van der Waals surface area contributed by atoms with Gasteiger partial charge in [0.05, 0.1) is 18.3 Å². The molecule has 4 aromatic rings. The van der Waals surface area contributed by atoms with E-state index in [1.54, 1.807) is 40.9 Å². The van der Waals surface area contributed by atoms with Crippen molar-refractivity contribution in [1.29, 1.82) is 0 Å². The van der Waals surface area contributed by atoms with E-state index >= 15 is 0 Å². The molecule has 4 heterocycles. The van der Waals surface area contributed by atoms with Crippen LogP contribution in [0.15, 0.2) is 66.3 Å². The number of nitrogens with one attached hydrogen (secondary N) is 1. The molecule has 9 nitrogen and oxygen atoms in total. The lowest BCUT2D eigenvalue weighted by Crippen LogP contribution is -2.28. The zero-order chi connectivity index (χ0) is 28.1. The molecule has 0 unspecified atom stereocenters. The number of nitrogens with zero attached hydrogens (tertiary/aromatic N) is 5. The summed E-state index contributed by atoms with van der Waals surface area (Å²) in [4.78, 5) is 36.7. The fraction of sp³-hybridized carbons (Fsp3) is 0.310. The Balaban J connectivity index is 1.20. The SMILES string of the molecule is CC(=O)N(C)CCOc1ccc(N2CCC[C@@H]2c2csc(NC(=O)c3cccn3Cc3ccnc(F)c3)n2)cc1. The van der Waals surface area contributed by atoms with E-state index in [4.69, 9.17) is 9.72 Å². The van der Waals surface area contributed by atoms with E-state index in [2.05, 4.69) is 15.2 Å². The van der Waals surface area contributed by atoms with Gasteiger partial charge in [0.2, 0.25) is 11.9 Å². The number of rotatable bonds is 10. The van der Waals surface area contributed by atoms with Crippen LogP contribution >= 0.6 is 11.3 Å². The van der Waals surface area contributed by atoms with E-state index < -0.39 is 5.95 Å². The number of hydrogen-bond acceptors (Lipinski definition) is 7. The smallest absolute Gasteiger partial charge is 0.274 e. The molecule has 0 aliphatic carbocycles. The molecule has 5 rings (SSSR count). The summed E-state index contributed by atoms with van der Waals surface area (Å²) >= 11 is 1.40. The average molecular weight is 563 g/mol. The summed E-state index contributed by atoms with van der Waals surface area (Å²) in [5.41, 5.74) is 3.19. The summed E-state index contributed by atoms with van der Waals surface area (Å²) in [6.07, 6.45) is 5.22. The van der Waals surface area contributed by atoms with Crippen LogP contribution in [0.25, 0.3) is 0 Å². The molecule has 0 spiro atoms. The molecule has 11 heteroatoms. The third kappa shape index (κ3) is 6.48. The number of carbonyl (C=O) groups is 2. The Morgan fingerprint density at radius 2 is 2.05 bits per heavy atom. The largest absolute Gasteiger partial charge is 0.492 e. The number of amides is 2. The van der Waals surface area contributed by atoms with Crippen molar-refractivity contribution < 1.29 is 18.7 Å². The Labute approximate surface area is 236 Å². The third-order valence-electron chi connectivity index (χ3n) is 6.94. The number of benzene rings is 1. The lowest BCUT2D eigenvalue weighted by atomic mass is 10.1. The molecule has 208 valence electrons. The van der Waals surface area contributed by atoms with Crippen molar-refractivity contribution in [3.63, 3.8) is 0 Å². The van der Waals surface area contributed by atoms with E-state index in [1.807, 2.05) is 29.6 Å². The Hall–Kier alpha value is -4.25. The number of hydrogen-bond donors (Lipinski definition) is 1. The quantitative estimate of drug-likeness (QED) is 0.274. The molecule has 1 aromatic carbocycles. The predicted octanol–water partition coefficient (Wildman–Crippen LogP) is 4.98. The maximum absolute atomic E-state index is 13.5. The van der Waals surface area contributed by atoms with Crippen molar-refractivity contribution >= 4 is 34.0 Å². The van der Waals surface area contributed by atoms with E-state index in [9.17, 15) is 14.0 Å². The summed E-state index contributed by atoms with van der Waals surface area (Å²) in [5.74, 6) is -0.0506. The fourth-order valence-corrected chi connectivity index (χ4v) is 5.48. The normalized spacial score (nSPS) is 14.8. The van der Waals surface area contributed by atoms with Gasteiger partial charge in [0, 0.05) is 50.5 Å². The van der Waals surface area contributed by atoms with Crippen LogP contribution < -0.4 is 15.0 Å². The van der Waals surface area contributed by atoms with Gasteiger partial charge in [-0.25, -0.2) is 9.97 Å². The lowest BCUT2D eigenvalue weighted by molar-refractivity contribution is -0.127. The summed E-state index contributed by atoms with van der Waals surface area (Å²) in [6, 6.07) is 14.7. The van der Waals surface area contributed by atoms with Crippen molar-refractivity contribution in [1.82, 2.24) is 19.4 Å². The first-order valence-corrected chi connectivity index (χ1v) is 14.0. The van der Waals surface area contributed by atoms with Crippen LogP contribution in [0.3, 0.4) is 0 Å². The number of likely N-dealkylation sites (N-methyl/N-ethyl adjacent to an activating group) is 1. The van der Waals surface area contributed by atoms with Gasteiger partial charge in [-0.1, -0.05) is 0 Å². The van der Waals surface area contributed by atoms with Crippen molar-refractivity contribution in [2.45, 2.75) is 32.4 Å². The zero-order valence-electron chi connectivity index (χ0n) is 22.4. The molecule has 1 fully saturated rings. The van der Waals surface area contributed by atoms with Gasteiger partial charge in [0.15, 0.2) is 5.13 Å². The first-order valence-electron chi connectivity index (χ1n) is 13.1. The number of ether oxygens (including phenoxy) is 1. The van der Waals surface area contributed by atoms with Crippen molar-refractivity contribution in [3.8, 4) is 5.75 Å². The molecule has 1 N–H and O–H groups in total. The monoisotopic (exact) mass is 562 g/mol. The van der Waals surface area contributed by atoms with Crippen LogP contribution in [0.4, 0.5) is 15.2 Å². The molecule has 40 heavy (non-hydrogen) atoms. The highest BCUT2D eigenvalue weighted by molar-refractivity contribution is 7.14. The average Bonchev–Trinajstić information content (AvgIpc) is 3.70. The maximum atomic E-state index is 13.5. The number of thiazole rings is 1. The van der Waals surface area contributed by atoms with Gasteiger partial charge in [-0.15, -0.1) is 11.3 Å². The molecular formula is C29H31FN6O3S. The Morgan fingerprint density at radius 3 is 2.83 bits per heavy atom. The van der Waals surface area contributed by atoms with E-state index in [1.165, 1.54) is 30.5 Å². The van der Waals surface area contributed by atoms with Gasteiger partial charge in [-0.2, -0.15) is 4.39 Å².